The number of aromatic nitrogens is 3. The van der Waals surface area contributed by atoms with Crippen molar-refractivity contribution in [2.45, 2.75) is 25.9 Å². The van der Waals surface area contributed by atoms with Gasteiger partial charge in [-0.15, -0.1) is 0 Å². The topological polar surface area (TPSA) is 86.2 Å². The van der Waals surface area contributed by atoms with E-state index in [1.165, 1.54) is 5.56 Å². The number of pyridine rings is 1. The first-order valence-electron chi connectivity index (χ1n) is 10.4. The van der Waals surface area contributed by atoms with Crippen LogP contribution in [0.5, 0.6) is 5.75 Å². The van der Waals surface area contributed by atoms with Crippen LogP contribution in [0.2, 0.25) is 0 Å². The zero-order chi connectivity index (χ0) is 20.8. The third-order valence-corrected chi connectivity index (χ3v) is 5.40. The second-order valence-corrected chi connectivity index (χ2v) is 7.71. The van der Waals surface area contributed by atoms with Crippen LogP contribution in [0, 0.1) is 0 Å². The summed E-state index contributed by atoms with van der Waals surface area (Å²) in [5.41, 5.74) is 4.20. The minimum absolute atomic E-state index is 0.282. The number of benzene rings is 1. The lowest BCUT2D eigenvalue weighted by molar-refractivity contribution is 0.165. The minimum Gasteiger partial charge on any atom is -0.508 e. The van der Waals surface area contributed by atoms with Gasteiger partial charge in [0.05, 0.1) is 5.69 Å². The molecule has 4 rings (SSSR count). The smallest absolute Gasteiger partial charge is 0.223 e. The molecule has 0 spiro atoms. The van der Waals surface area contributed by atoms with Crippen LogP contribution in [-0.4, -0.2) is 57.2 Å². The van der Waals surface area contributed by atoms with Crippen LogP contribution < -0.4 is 10.6 Å². The van der Waals surface area contributed by atoms with Crippen molar-refractivity contribution in [3.63, 3.8) is 0 Å². The van der Waals surface area contributed by atoms with Crippen LogP contribution in [0.15, 0.2) is 55.0 Å². The third kappa shape index (κ3) is 5.31. The van der Waals surface area contributed by atoms with E-state index in [9.17, 15) is 5.11 Å². The summed E-state index contributed by atoms with van der Waals surface area (Å²) in [6, 6.07) is 11.9. The molecule has 1 atom stereocenters. The molecule has 0 amide bonds. The lowest BCUT2D eigenvalue weighted by Gasteiger charge is -2.33. The Morgan fingerprint density at radius 1 is 1.17 bits per heavy atom. The summed E-state index contributed by atoms with van der Waals surface area (Å²) in [6.45, 7) is 6.97. The number of rotatable bonds is 7. The second kappa shape index (κ2) is 9.65. The summed E-state index contributed by atoms with van der Waals surface area (Å²) in [5.74, 6) is 0.886. The number of piperazine rings is 1. The molecule has 1 saturated heterocycles. The molecule has 1 fully saturated rings. The highest BCUT2D eigenvalue weighted by molar-refractivity contribution is 5.59. The van der Waals surface area contributed by atoms with E-state index >= 15 is 0 Å². The molecule has 7 heteroatoms. The van der Waals surface area contributed by atoms with Gasteiger partial charge in [-0.3, -0.25) is 9.88 Å². The fourth-order valence-electron chi connectivity index (χ4n) is 3.65. The molecule has 3 aromatic rings. The Morgan fingerprint density at radius 2 is 2.03 bits per heavy atom. The molecule has 3 heterocycles. The summed E-state index contributed by atoms with van der Waals surface area (Å²) in [5, 5.41) is 16.1. The van der Waals surface area contributed by atoms with Crippen molar-refractivity contribution in [1.29, 1.82) is 0 Å². The summed E-state index contributed by atoms with van der Waals surface area (Å²) >= 11 is 0. The SMILES string of the molecule is C[C@H]1CNCCN1Cc1cncc(-c2ccnc(NCCc3ccc(O)cc3)n2)c1. The second-order valence-electron chi connectivity index (χ2n) is 7.71. The van der Waals surface area contributed by atoms with E-state index in [1.807, 2.05) is 30.6 Å². The van der Waals surface area contributed by atoms with E-state index in [0.29, 0.717) is 18.5 Å². The maximum absolute atomic E-state index is 9.38. The molecule has 0 aliphatic carbocycles. The Bertz CT molecular complexity index is 962. The van der Waals surface area contributed by atoms with Gasteiger partial charge in [0, 0.05) is 62.9 Å². The first kappa shape index (κ1) is 20.3. The molecule has 156 valence electrons. The van der Waals surface area contributed by atoms with Crippen LogP contribution in [0.4, 0.5) is 5.95 Å². The van der Waals surface area contributed by atoms with Crippen molar-refractivity contribution in [1.82, 2.24) is 25.2 Å². The van der Waals surface area contributed by atoms with Crippen molar-refractivity contribution in [2.24, 2.45) is 0 Å². The molecule has 1 aliphatic heterocycles. The van der Waals surface area contributed by atoms with Gasteiger partial charge in [0.25, 0.3) is 0 Å². The Balaban J connectivity index is 1.39. The molecule has 0 radical (unpaired) electrons. The number of hydrogen-bond acceptors (Lipinski definition) is 7. The standard InChI is InChI=1S/C23H28N6O/c1-17-13-24-10-11-29(17)16-19-12-20(15-25-14-19)22-7-9-27-23(28-22)26-8-6-18-2-4-21(30)5-3-18/h2-5,7,9,12,14-15,17,24,30H,6,8,10-11,13,16H2,1H3,(H,26,27,28)/t17-/m0/s1. The number of anilines is 1. The number of nitrogens with zero attached hydrogens (tertiary/aromatic N) is 4. The lowest BCUT2D eigenvalue weighted by Crippen LogP contribution is -2.49. The Kier molecular flexibility index (Phi) is 6.51. The van der Waals surface area contributed by atoms with Crippen LogP contribution in [0.1, 0.15) is 18.1 Å². The molecule has 1 aliphatic rings. The molecule has 3 N–H and O–H groups in total. The van der Waals surface area contributed by atoms with Gasteiger partial charge in [-0.05, 0) is 48.7 Å². The molecule has 0 bridgehead atoms. The predicted octanol–water partition coefficient (Wildman–Crippen LogP) is 2.69. The average Bonchev–Trinajstić information content (AvgIpc) is 2.77. The van der Waals surface area contributed by atoms with Crippen molar-refractivity contribution in [3.8, 4) is 17.0 Å². The van der Waals surface area contributed by atoms with Gasteiger partial charge in [-0.25, -0.2) is 9.97 Å². The largest absolute Gasteiger partial charge is 0.508 e. The molecular formula is C23H28N6O. The van der Waals surface area contributed by atoms with E-state index in [0.717, 1.165) is 49.4 Å². The van der Waals surface area contributed by atoms with E-state index in [2.05, 4.69) is 43.5 Å². The van der Waals surface area contributed by atoms with Gasteiger partial charge in [0.2, 0.25) is 5.95 Å². The first-order chi connectivity index (χ1) is 14.7. The van der Waals surface area contributed by atoms with Crippen molar-refractivity contribution in [3.05, 3.63) is 66.1 Å². The van der Waals surface area contributed by atoms with Gasteiger partial charge in [-0.2, -0.15) is 0 Å². The molecule has 2 aromatic heterocycles. The predicted molar refractivity (Wildman–Crippen MR) is 118 cm³/mol. The van der Waals surface area contributed by atoms with Crippen molar-refractivity contribution < 1.29 is 5.11 Å². The van der Waals surface area contributed by atoms with Crippen LogP contribution >= 0.6 is 0 Å². The van der Waals surface area contributed by atoms with Gasteiger partial charge < -0.3 is 15.7 Å². The highest BCUT2D eigenvalue weighted by Crippen LogP contribution is 2.19. The number of phenols is 1. The van der Waals surface area contributed by atoms with Crippen LogP contribution in [0.3, 0.4) is 0 Å². The number of phenolic OH excluding ortho intramolecular Hbond substituents is 1. The average molecular weight is 405 g/mol. The fraction of sp³-hybridized carbons (Fsp3) is 0.348. The number of hydrogen-bond donors (Lipinski definition) is 3. The van der Waals surface area contributed by atoms with Crippen LogP contribution in [0.25, 0.3) is 11.3 Å². The summed E-state index contributed by atoms with van der Waals surface area (Å²) in [6.07, 6.45) is 6.40. The van der Waals surface area contributed by atoms with E-state index in [4.69, 9.17) is 0 Å². The van der Waals surface area contributed by atoms with Crippen LogP contribution in [-0.2, 0) is 13.0 Å². The molecule has 1 aromatic carbocycles. The maximum Gasteiger partial charge on any atom is 0.223 e. The van der Waals surface area contributed by atoms with Gasteiger partial charge >= 0.3 is 0 Å². The van der Waals surface area contributed by atoms with Gasteiger partial charge in [0.15, 0.2) is 0 Å². The molecular weight excluding hydrogens is 376 g/mol. The van der Waals surface area contributed by atoms with E-state index in [-0.39, 0.29) is 5.75 Å². The minimum atomic E-state index is 0.282. The van der Waals surface area contributed by atoms with Crippen molar-refractivity contribution >= 4 is 5.95 Å². The monoisotopic (exact) mass is 404 g/mol. The third-order valence-electron chi connectivity index (χ3n) is 5.40. The summed E-state index contributed by atoms with van der Waals surface area (Å²) < 4.78 is 0. The highest BCUT2D eigenvalue weighted by atomic mass is 16.3. The molecule has 30 heavy (non-hydrogen) atoms. The number of aromatic hydroxyl groups is 1. The molecule has 7 nitrogen and oxygen atoms in total. The molecule has 0 saturated carbocycles. The zero-order valence-electron chi connectivity index (χ0n) is 17.3. The molecule has 0 unspecified atom stereocenters. The highest BCUT2D eigenvalue weighted by Gasteiger charge is 2.18. The Labute approximate surface area is 177 Å². The quantitative estimate of drug-likeness (QED) is 0.558. The Morgan fingerprint density at radius 3 is 2.87 bits per heavy atom. The van der Waals surface area contributed by atoms with E-state index in [1.54, 1.807) is 18.3 Å². The zero-order valence-corrected chi connectivity index (χ0v) is 17.3. The lowest BCUT2D eigenvalue weighted by atomic mass is 10.1. The summed E-state index contributed by atoms with van der Waals surface area (Å²) in [7, 11) is 0. The first-order valence-corrected chi connectivity index (χ1v) is 10.4. The summed E-state index contributed by atoms with van der Waals surface area (Å²) in [4.78, 5) is 15.9. The van der Waals surface area contributed by atoms with Crippen molar-refractivity contribution in [2.75, 3.05) is 31.5 Å². The van der Waals surface area contributed by atoms with Gasteiger partial charge in [0.1, 0.15) is 5.75 Å². The van der Waals surface area contributed by atoms with Gasteiger partial charge in [-0.1, -0.05) is 12.1 Å². The number of nitrogens with one attached hydrogen (secondary N) is 2. The normalized spacial score (nSPS) is 17.0. The van der Waals surface area contributed by atoms with E-state index < -0.39 is 0 Å². The fourth-order valence-corrected chi connectivity index (χ4v) is 3.65. The Hall–Kier alpha value is -3.03. The maximum atomic E-state index is 9.38.